The molecule has 1 heterocycles. The number of halogens is 1. The predicted molar refractivity (Wildman–Crippen MR) is 63.8 cm³/mol. The molecule has 1 rings (SSSR count). The summed E-state index contributed by atoms with van der Waals surface area (Å²) in [6.45, 7) is 4.09. The van der Waals surface area contributed by atoms with E-state index in [-0.39, 0.29) is 11.9 Å². The van der Waals surface area contributed by atoms with Crippen LogP contribution in [0.4, 0.5) is 0 Å². The van der Waals surface area contributed by atoms with Crippen LogP contribution in [-0.4, -0.2) is 28.9 Å². The maximum absolute atomic E-state index is 12.0. The van der Waals surface area contributed by atoms with E-state index >= 15 is 0 Å². The smallest absolute Gasteiger partial charge is 0.256 e. The molecule has 0 aromatic carbocycles. The van der Waals surface area contributed by atoms with Crippen LogP contribution in [0.3, 0.4) is 0 Å². The fourth-order valence-corrected chi connectivity index (χ4v) is 1.63. The van der Waals surface area contributed by atoms with Crippen LogP contribution in [0.15, 0.2) is 22.9 Å². The molecule has 1 aromatic heterocycles. The van der Waals surface area contributed by atoms with E-state index in [1.165, 1.54) is 0 Å². The zero-order valence-corrected chi connectivity index (χ0v) is 10.8. The lowest BCUT2D eigenvalue weighted by Crippen LogP contribution is -2.34. The average molecular weight is 271 g/mol. The van der Waals surface area contributed by atoms with E-state index in [1.54, 1.807) is 23.2 Å². The number of rotatable bonds is 3. The molecule has 15 heavy (non-hydrogen) atoms. The van der Waals surface area contributed by atoms with Crippen LogP contribution < -0.4 is 0 Å². The molecule has 4 heteroatoms. The van der Waals surface area contributed by atoms with Crippen molar-refractivity contribution in [2.75, 3.05) is 7.05 Å². The Kier molecular flexibility index (Phi) is 4.27. The molecule has 1 amide bonds. The second-order valence-corrected chi connectivity index (χ2v) is 4.27. The number of amides is 1. The summed E-state index contributed by atoms with van der Waals surface area (Å²) in [5, 5.41) is 0. The van der Waals surface area contributed by atoms with Crippen LogP contribution in [0.1, 0.15) is 30.6 Å². The minimum atomic E-state index is 0.00400. The summed E-state index contributed by atoms with van der Waals surface area (Å²) in [6.07, 6.45) is 2.60. The molecule has 0 saturated carbocycles. The Morgan fingerprint density at radius 1 is 1.67 bits per heavy atom. The molecule has 0 N–H and O–H groups in total. The summed E-state index contributed by atoms with van der Waals surface area (Å²) in [7, 11) is 1.82. The Morgan fingerprint density at radius 3 is 2.87 bits per heavy atom. The van der Waals surface area contributed by atoms with E-state index in [9.17, 15) is 4.79 Å². The molecule has 0 aliphatic carbocycles. The normalized spacial score (nSPS) is 12.3. The highest BCUT2D eigenvalue weighted by molar-refractivity contribution is 9.10. The summed E-state index contributed by atoms with van der Waals surface area (Å²) < 4.78 is 0.602. The largest absolute Gasteiger partial charge is 0.339 e. The summed E-state index contributed by atoms with van der Waals surface area (Å²) >= 11 is 3.28. The Balaban J connectivity index is 2.90. The molecule has 3 nitrogen and oxygen atoms in total. The standard InChI is InChI=1S/C11H15BrN2O/c1-4-8(2)14(3)11(15)9-6-5-7-13-10(9)12/h5-8H,4H2,1-3H3. The second-order valence-electron chi connectivity index (χ2n) is 3.52. The maximum Gasteiger partial charge on any atom is 0.256 e. The van der Waals surface area contributed by atoms with Gasteiger partial charge in [0.1, 0.15) is 4.60 Å². The highest BCUT2D eigenvalue weighted by Crippen LogP contribution is 2.16. The number of pyridine rings is 1. The minimum absolute atomic E-state index is 0.00400. The highest BCUT2D eigenvalue weighted by Gasteiger charge is 2.18. The van der Waals surface area contributed by atoms with Crippen molar-refractivity contribution in [3.8, 4) is 0 Å². The minimum Gasteiger partial charge on any atom is -0.339 e. The van der Waals surface area contributed by atoms with E-state index < -0.39 is 0 Å². The molecule has 1 atom stereocenters. The summed E-state index contributed by atoms with van der Waals surface area (Å²) in [5.41, 5.74) is 0.611. The first-order valence-electron chi connectivity index (χ1n) is 4.95. The van der Waals surface area contributed by atoms with Gasteiger partial charge in [0, 0.05) is 19.3 Å². The maximum atomic E-state index is 12.0. The van der Waals surface area contributed by atoms with E-state index in [1.807, 2.05) is 14.0 Å². The van der Waals surface area contributed by atoms with Crippen LogP contribution in [0.5, 0.6) is 0 Å². The van der Waals surface area contributed by atoms with Crippen LogP contribution in [-0.2, 0) is 0 Å². The average Bonchev–Trinajstić information content (AvgIpc) is 2.26. The molecule has 0 bridgehead atoms. The summed E-state index contributed by atoms with van der Waals surface area (Å²) in [4.78, 5) is 17.8. The fourth-order valence-electron chi connectivity index (χ4n) is 1.21. The Hall–Kier alpha value is -0.900. The van der Waals surface area contributed by atoms with Gasteiger partial charge in [0.05, 0.1) is 5.56 Å². The number of aromatic nitrogens is 1. The molecule has 0 radical (unpaired) electrons. The quantitative estimate of drug-likeness (QED) is 0.792. The van der Waals surface area contributed by atoms with Crippen molar-refractivity contribution in [3.63, 3.8) is 0 Å². The predicted octanol–water partition coefficient (Wildman–Crippen LogP) is 2.71. The monoisotopic (exact) mass is 270 g/mol. The molecule has 1 unspecified atom stereocenters. The molecule has 82 valence electrons. The molecular weight excluding hydrogens is 256 g/mol. The summed E-state index contributed by atoms with van der Waals surface area (Å²) in [5.74, 6) is 0.00400. The van der Waals surface area contributed by atoms with Gasteiger partial charge in [0.2, 0.25) is 0 Å². The summed E-state index contributed by atoms with van der Waals surface area (Å²) in [6, 6.07) is 3.78. The van der Waals surface area contributed by atoms with Gasteiger partial charge in [-0.15, -0.1) is 0 Å². The van der Waals surface area contributed by atoms with E-state index in [0.717, 1.165) is 6.42 Å². The topological polar surface area (TPSA) is 33.2 Å². The molecule has 0 spiro atoms. The van der Waals surface area contributed by atoms with Gasteiger partial charge in [0.25, 0.3) is 5.91 Å². The van der Waals surface area contributed by atoms with Gasteiger partial charge in [-0.1, -0.05) is 6.92 Å². The van der Waals surface area contributed by atoms with Gasteiger partial charge < -0.3 is 4.90 Å². The van der Waals surface area contributed by atoms with Crippen molar-refractivity contribution in [2.45, 2.75) is 26.3 Å². The Labute approximate surface area is 98.6 Å². The van der Waals surface area contributed by atoms with E-state index in [2.05, 4.69) is 27.8 Å². The van der Waals surface area contributed by atoms with Gasteiger partial charge >= 0.3 is 0 Å². The van der Waals surface area contributed by atoms with Crippen LogP contribution >= 0.6 is 15.9 Å². The van der Waals surface area contributed by atoms with E-state index in [4.69, 9.17) is 0 Å². The first-order chi connectivity index (χ1) is 7.07. The number of hydrogen-bond donors (Lipinski definition) is 0. The van der Waals surface area contributed by atoms with Crippen LogP contribution in [0.25, 0.3) is 0 Å². The first kappa shape index (κ1) is 12.2. The van der Waals surface area contributed by atoms with Gasteiger partial charge in [-0.3, -0.25) is 4.79 Å². The lowest BCUT2D eigenvalue weighted by atomic mass is 10.2. The van der Waals surface area contributed by atoms with Crippen LogP contribution in [0, 0.1) is 0 Å². The first-order valence-corrected chi connectivity index (χ1v) is 5.74. The van der Waals surface area contributed by atoms with Gasteiger partial charge in [-0.05, 0) is 41.4 Å². The third-order valence-electron chi connectivity index (χ3n) is 2.56. The zero-order chi connectivity index (χ0) is 11.4. The van der Waals surface area contributed by atoms with Gasteiger partial charge in [-0.25, -0.2) is 4.98 Å². The molecular formula is C11H15BrN2O. The lowest BCUT2D eigenvalue weighted by Gasteiger charge is -2.24. The second kappa shape index (κ2) is 5.26. The van der Waals surface area contributed by atoms with Gasteiger partial charge in [-0.2, -0.15) is 0 Å². The van der Waals surface area contributed by atoms with Crippen molar-refractivity contribution in [1.29, 1.82) is 0 Å². The number of nitrogens with zero attached hydrogens (tertiary/aromatic N) is 2. The number of hydrogen-bond acceptors (Lipinski definition) is 2. The number of carbonyl (C=O) groups excluding carboxylic acids is 1. The lowest BCUT2D eigenvalue weighted by molar-refractivity contribution is 0.0739. The Morgan fingerprint density at radius 2 is 2.33 bits per heavy atom. The molecule has 0 aliphatic heterocycles. The van der Waals surface area contributed by atoms with Crippen molar-refractivity contribution in [3.05, 3.63) is 28.5 Å². The van der Waals surface area contributed by atoms with Crippen molar-refractivity contribution >= 4 is 21.8 Å². The molecule has 0 saturated heterocycles. The molecule has 0 aliphatic rings. The fraction of sp³-hybridized carbons (Fsp3) is 0.455. The molecule has 0 fully saturated rings. The highest BCUT2D eigenvalue weighted by atomic mass is 79.9. The Bertz CT molecular complexity index is 354. The number of carbonyl (C=O) groups is 1. The van der Waals surface area contributed by atoms with Crippen LogP contribution in [0.2, 0.25) is 0 Å². The van der Waals surface area contributed by atoms with Crippen molar-refractivity contribution < 1.29 is 4.79 Å². The van der Waals surface area contributed by atoms with Crippen molar-refractivity contribution in [1.82, 2.24) is 9.88 Å². The van der Waals surface area contributed by atoms with E-state index in [0.29, 0.717) is 10.2 Å². The van der Waals surface area contributed by atoms with Crippen molar-refractivity contribution in [2.24, 2.45) is 0 Å². The third-order valence-corrected chi connectivity index (χ3v) is 3.19. The molecule has 1 aromatic rings. The zero-order valence-electron chi connectivity index (χ0n) is 9.20. The SMILES string of the molecule is CCC(C)N(C)C(=O)c1cccnc1Br. The van der Waals surface area contributed by atoms with Gasteiger partial charge in [0.15, 0.2) is 0 Å². The third kappa shape index (κ3) is 2.78.